The lowest BCUT2D eigenvalue weighted by Gasteiger charge is -2.07. The number of allylic oxidation sites excluding steroid dienone is 1. The highest BCUT2D eigenvalue weighted by atomic mass is 16.5. The van der Waals surface area contributed by atoms with E-state index in [1.54, 1.807) is 12.1 Å². The zero-order valence-corrected chi connectivity index (χ0v) is 16.0. The van der Waals surface area contributed by atoms with Crippen LogP contribution < -0.4 is 9.47 Å². The van der Waals surface area contributed by atoms with Gasteiger partial charge in [0.2, 0.25) is 5.78 Å². The molecule has 0 spiro atoms. The van der Waals surface area contributed by atoms with E-state index in [0.717, 1.165) is 22.0 Å². The molecule has 0 fully saturated rings. The second-order valence-electron chi connectivity index (χ2n) is 7.08. The molecule has 1 aliphatic heterocycles. The van der Waals surface area contributed by atoms with Crippen molar-refractivity contribution in [1.82, 2.24) is 4.57 Å². The lowest BCUT2D eigenvalue weighted by atomic mass is 10.1. The monoisotopic (exact) mass is 381 g/mol. The Kier molecular flexibility index (Phi) is 4.17. The predicted molar refractivity (Wildman–Crippen MR) is 113 cm³/mol. The maximum atomic E-state index is 12.8. The van der Waals surface area contributed by atoms with Crippen molar-refractivity contribution in [3.8, 4) is 11.5 Å². The summed E-state index contributed by atoms with van der Waals surface area (Å²) in [5.41, 5.74) is 3.71. The van der Waals surface area contributed by atoms with Gasteiger partial charge in [0.15, 0.2) is 5.76 Å². The molecule has 2 heterocycles. The van der Waals surface area contributed by atoms with E-state index in [1.807, 2.05) is 78.5 Å². The van der Waals surface area contributed by atoms with Crippen LogP contribution in [0.1, 0.15) is 21.5 Å². The van der Waals surface area contributed by atoms with Crippen molar-refractivity contribution >= 4 is 22.8 Å². The summed E-state index contributed by atoms with van der Waals surface area (Å²) in [6.07, 6.45) is 3.82. The Labute approximate surface area is 168 Å². The third kappa shape index (κ3) is 3.19. The quantitative estimate of drug-likeness (QED) is 0.446. The number of ketones is 1. The normalized spacial score (nSPS) is 14.2. The predicted octanol–water partition coefficient (Wildman–Crippen LogP) is 5.37. The summed E-state index contributed by atoms with van der Waals surface area (Å²) in [4.78, 5) is 12.8. The smallest absolute Gasteiger partial charge is 0.231 e. The minimum atomic E-state index is -0.109. The number of aryl methyl sites for hydroxylation is 1. The van der Waals surface area contributed by atoms with Crippen molar-refractivity contribution < 1.29 is 14.3 Å². The fraction of sp³-hybridized carbons (Fsp3) is 0.0800. The summed E-state index contributed by atoms with van der Waals surface area (Å²) in [5, 5.41) is 1.08. The van der Waals surface area contributed by atoms with Crippen LogP contribution in [0.3, 0.4) is 0 Å². The fourth-order valence-corrected chi connectivity index (χ4v) is 3.63. The topological polar surface area (TPSA) is 40.5 Å². The van der Waals surface area contributed by atoms with E-state index >= 15 is 0 Å². The first-order valence-corrected chi connectivity index (χ1v) is 9.48. The van der Waals surface area contributed by atoms with Gasteiger partial charge in [-0.2, -0.15) is 0 Å². The molecule has 0 aliphatic carbocycles. The molecule has 0 amide bonds. The molecule has 0 radical (unpaired) electrons. The lowest BCUT2D eigenvalue weighted by molar-refractivity contribution is 0.101. The largest absolute Gasteiger partial charge is 0.489 e. The average molecular weight is 381 g/mol. The Morgan fingerprint density at radius 1 is 1.00 bits per heavy atom. The first-order valence-electron chi connectivity index (χ1n) is 9.48. The van der Waals surface area contributed by atoms with Gasteiger partial charge in [0.05, 0.1) is 5.56 Å². The molecule has 1 aromatic heterocycles. The molecule has 0 N–H and O–H groups in total. The van der Waals surface area contributed by atoms with Gasteiger partial charge >= 0.3 is 0 Å². The first kappa shape index (κ1) is 17.3. The Morgan fingerprint density at radius 2 is 1.79 bits per heavy atom. The van der Waals surface area contributed by atoms with Crippen molar-refractivity contribution in [2.75, 3.05) is 0 Å². The number of carbonyl (C=O) groups is 1. The number of carbonyl (C=O) groups excluding carboxylic acids is 1. The van der Waals surface area contributed by atoms with Gasteiger partial charge in [-0.15, -0.1) is 0 Å². The highest BCUT2D eigenvalue weighted by molar-refractivity contribution is 6.15. The second-order valence-corrected chi connectivity index (χ2v) is 7.08. The number of fused-ring (bicyclic) bond motifs is 2. The summed E-state index contributed by atoms with van der Waals surface area (Å²) in [6.45, 7) is 0.465. The Balaban J connectivity index is 1.41. The standard InChI is InChI=1S/C25H19NO3/c1-26-15-18(20-9-5-6-10-22(20)26)13-24-25(27)21-12-11-19(14-23(21)29-24)28-16-17-7-3-2-4-8-17/h2-15H,16H2,1H3/b24-13-. The van der Waals surface area contributed by atoms with Crippen LogP contribution >= 0.6 is 0 Å². The van der Waals surface area contributed by atoms with Gasteiger partial charge < -0.3 is 14.0 Å². The fourth-order valence-electron chi connectivity index (χ4n) is 3.63. The number of hydrogen-bond donors (Lipinski definition) is 0. The number of aromatic nitrogens is 1. The Morgan fingerprint density at radius 3 is 2.66 bits per heavy atom. The summed E-state index contributed by atoms with van der Waals surface area (Å²) in [5.74, 6) is 1.43. The van der Waals surface area contributed by atoms with Crippen LogP contribution in [0.2, 0.25) is 0 Å². The van der Waals surface area contributed by atoms with Gasteiger partial charge in [0.25, 0.3) is 0 Å². The molecule has 0 saturated heterocycles. The molecule has 4 heteroatoms. The Bertz CT molecular complexity index is 1250. The van der Waals surface area contributed by atoms with Crippen molar-refractivity contribution in [2.45, 2.75) is 6.61 Å². The molecule has 0 saturated carbocycles. The minimum absolute atomic E-state index is 0.109. The molecule has 0 unspecified atom stereocenters. The molecular formula is C25H19NO3. The third-order valence-electron chi connectivity index (χ3n) is 5.10. The van der Waals surface area contributed by atoms with E-state index in [1.165, 1.54) is 0 Å². The number of para-hydroxylation sites is 1. The van der Waals surface area contributed by atoms with Crippen LogP contribution in [0, 0.1) is 0 Å². The van der Waals surface area contributed by atoms with Crippen molar-refractivity contribution in [3.05, 3.63) is 101 Å². The zero-order chi connectivity index (χ0) is 19.8. The van der Waals surface area contributed by atoms with Crippen LogP contribution in [0.25, 0.3) is 17.0 Å². The van der Waals surface area contributed by atoms with Gasteiger partial charge in [-0.3, -0.25) is 4.79 Å². The molecular weight excluding hydrogens is 362 g/mol. The van der Waals surface area contributed by atoms with Crippen molar-refractivity contribution in [2.24, 2.45) is 7.05 Å². The summed E-state index contributed by atoms with van der Waals surface area (Å²) in [7, 11) is 1.99. The van der Waals surface area contributed by atoms with E-state index in [4.69, 9.17) is 9.47 Å². The average Bonchev–Trinajstić information content (AvgIpc) is 3.24. The van der Waals surface area contributed by atoms with Gasteiger partial charge in [-0.05, 0) is 29.8 Å². The maximum absolute atomic E-state index is 12.8. The van der Waals surface area contributed by atoms with Crippen LogP contribution in [-0.4, -0.2) is 10.4 Å². The summed E-state index contributed by atoms with van der Waals surface area (Å²) >= 11 is 0. The van der Waals surface area contributed by atoms with E-state index in [-0.39, 0.29) is 5.78 Å². The number of nitrogens with zero attached hydrogens (tertiary/aromatic N) is 1. The van der Waals surface area contributed by atoms with Crippen molar-refractivity contribution in [3.63, 3.8) is 0 Å². The van der Waals surface area contributed by atoms with Crippen molar-refractivity contribution in [1.29, 1.82) is 0 Å². The van der Waals surface area contributed by atoms with Gasteiger partial charge in [0.1, 0.15) is 18.1 Å². The molecule has 4 nitrogen and oxygen atoms in total. The van der Waals surface area contributed by atoms with Gasteiger partial charge in [0, 0.05) is 35.8 Å². The number of hydrogen-bond acceptors (Lipinski definition) is 3. The Hall–Kier alpha value is -3.79. The maximum Gasteiger partial charge on any atom is 0.231 e. The number of benzene rings is 3. The number of Topliss-reactive ketones (excluding diaryl/α,β-unsaturated/α-hetero) is 1. The number of ether oxygens (including phenoxy) is 2. The van der Waals surface area contributed by atoms with Gasteiger partial charge in [-0.1, -0.05) is 48.5 Å². The van der Waals surface area contributed by atoms with E-state index in [9.17, 15) is 4.79 Å². The molecule has 4 aromatic rings. The van der Waals surface area contributed by atoms with E-state index in [0.29, 0.717) is 29.4 Å². The molecule has 0 bridgehead atoms. The second kappa shape index (κ2) is 6.99. The van der Waals surface area contributed by atoms with Crippen LogP contribution in [-0.2, 0) is 13.7 Å². The third-order valence-corrected chi connectivity index (χ3v) is 5.10. The lowest BCUT2D eigenvalue weighted by Crippen LogP contribution is -1.97. The highest BCUT2D eigenvalue weighted by Crippen LogP contribution is 2.36. The minimum Gasteiger partial charge on any atom is -0.489 e. The summed E-state index contributed by atoms with van der Waals surface area (Å²) < 4.78 is 13.8. The molecule has 29 heavy (non-hydrogen) atoms. The summed E-state index contributed by atoms with van der Waals surface area (Å²) in [6, 6.07) is 23.4. The molecule has 5 rings (SSSR count). The number of rotatable bonds is 4. The first-order chi connectivity index (χ1) is 14.2. The van der Waals surface area contributed by atoms with E-state index in [2.05, 4.69) is 6.07 Å². The van der Waals surface area contributed by atoms with Gasteiger partial charge in [-0.25, -0.2) is 0 Å². The molecule has 3 aromatic carbocycles. The van der Waals surface area contributed by atoms with Crippen LogP contribution in [0.15, 0.2) is 84.8 Å². The van der Waals surface area contributed by atoms with E-state index < -0.39 is 0 Å². The SMILES string of the molecule is Cn1cc(/C=C2\Oc3cc(OCc4ccccc4)ccc3C2=O)c2ccccc21. The molecule has 1 aliphatic rings. The molecule has 0 atom stereocenters. The highest BCUT2D eigenvalue weighted by Gasteiger charge is 2.28. The zero-order valence-electron chi connectivity index (χ0n) is 16.0. The molecule has 142 valence electrons. The van der Waals surface area contributed by atoms with Crippen LogP contribution in [0.5, 0.6) is 11.5 Å². The van der Waals surface area contributed by atoms with Crippen LogP contribution in [0.4, 0.5) is 0 Å².